The molecule has 0 saturated carbocycles. The largest absolute Gasteiger partial charge is 0.494 e. The van der Waals surface area contributed by atoms with Crippen LogP contribution < -0.4 is 24.3 Å². The number of nitrogens with one attached hydrogen (secondary N) is 1. The molecule has 1 amide bonds. The van der Waals surface area contributed by atoms with Gasteiger partial charge in [-0.05, 0) is 57.0 Å². The lowest BCUT2D eigenvalue weighted by molar-refractivity contribution is 0.0949. The number of hydrogen-bond donors (Lipinski definition) is 1. The molecule has 0 bridgehead atoms. The highest BCUT2D eigenvalue weighted by Crippen LogP contribution is 2.39. The van der Waals surface area contributed by atoms with Crippen molar-refractivity contribution < 1.29 is 23.7 Å². The van der Waals surface area contributed by atoms with Gasteiger partial charge >= 0.3 is 0 Å². The molecule has 0 aliphatic heterocycles. The first-order chi connectivity index (χ1) is 14.1. The molecule has 0 unspecified atom stereocenters. The second-order valence-corrected chi connectivity index (χ2v) is 6.28. The van der Waals surface area contributed by atoms with Crippen molar-refractivity contribution in [3.63, 3.8) is 0 Å². The highest BCUT2D eigenvalue weighted by atomic mass is 16.5. The minimum absolute atomic E-state index is 0.207. The summed E-state index contributed by atoms with van der Waals surface area (Å²) < 4.78 is 22.6. The number of carbonyl (C=O) groups is 1. The molecular weight excluding hydrogens is 370 g/mol. The molecule has 0 atom stereocenters. The van der Waals surface area contributed by atoms with E-state index in [9.17, 15) is 4.79 Å². The number of ether oxygens (including phenoxy) is 4. The molecule has 0 aromatic heterocycles. The van der Waals surface area contributed by atoms with Crippen molar-refractivity contribution in [3.8, 4) is 23.0 Å². The lowest BCUT2D eigenvalue weighted by atomic mass is 10.1. The fourth-order valence-electron chi connectivity index (χ4n) is 2.73. The van der Waals surface area contributed by atoms with E-state index >= 15 is 0 Å². The zero-order valence-electron chi connectivity index (χ0n) is 17.7. The molecule has 0 saturated heterocycles. The van der Waals surface area contributed by atoms with Crippen molar-refractivity contribution in [1.82, 2.24) is 5.32 Å². The molecule has 2 rings (SSSR count). The second-order valence-electron chi connectivity index (χ2n) is 6.28. The van der Waals surface area contributed by atoms with Crippen molar-refractivity contribution >= 4 is 5.91 Å². The van der Waals surface area contributed by atoms with Gasteiger partial charge in [-0.3, -0.25) is 4.79 Å². The van der Waals surface area contributed by atoms with Crippen LogP contribution in [0.4, 0.5) is 0 Å². The van der Waals surface area contributed by atoms with Crippen LogP contribution >= 0.6 is 0 Å². The Balaban J connectivity index is 2.12. The van der Waals surface area contributed by atoms with Crippen molar-refractivity contribution in [2.45, 2.75) is 40.7 Å². The van der Waals surface area contributed by atoms with E-state index in [1.807, 2.05) is 45.0 Å². The maximum atomic E-state index is 12.7. The van der Waals surface area contributed by atoms with E-state index in [1.54, 1.807) is 12.1 Å². The molecule has 6 heteroatoms. The quantitative estimate of drug-likeness (QED) is 0.563. The highest BCUT2D eigenvalue weighted by Gasteiger charge is 2.18. The molecule has 0 radical (unpaired) electrons. The summed E-state index contributed by atoms with van der Waals surface area (Å²) in [5, 5.41) is 2.94. The number of hydrogen-bond acceptors (Lipinski definition) is 5. The van der Waals surface area contributed by atoms with Gasteiger partial charge in [0.1, 0.15) is 5.75 Å². The first kappa shape index (κ1) is 22.4. The summed E-state index contributed by atoms with van der Waals surface area (Å²) in [6.45, 7) is 10.2. The van der Waals surface area contributed by atoms with Crippen LogP contribution in [0.1, 0.15) is 50.0 Å². The lowest BCUT2D eigenvalue weighted by Crippen LogP contribution is -2.23. The Morgan fingerprint density at radius 2 is 1.41 bits per heavy atom. The van der Waals surface area contributed by atoms with Gasteiger partial charge in [0.2, 0.25) is 5.75 Å². The summed E-state index contributed by atoms with van der Waals surface area (Å²) in [4.78, 5) is 12.7. The van der Waals surface area contributed by atoms with Gasteiger partial charge in [0.25, 0.3) is 5.91 Å². The molecule has 2 aromatic carbocycles. The van der Waals surface area contributed by atoms with Crippen LogP contribution in [0.2, 0.25) is 0 Å². The Kier molecular flexibility index (Phi) is 9.15. The van der Waals surface area contributed by atoms with Gasteiger partial charge in [0.05, 0.1) is 26.4 Å². The van der Waals surface area contributed by atoms with Crippen LogP contribution in [0.3, 0.4) is 0 Å². The summed E-state index contributed by atoms with van der Waals surface area (Å²) in [5.41, 5.74) is 1.45. The Labute approximate surface area is 173 Å². The highest BCUT2D eigenvalue weighted by molar-refractivity contribution is 5.95. The van der Waals surface area contributed by atoms with E-state index in [2.05, 4.69) is 12.2 Å². The third-order valence-electron chi connectivity index (χ3n) is 4.02. The van der Waals surface area contributed by atoms with Gasteiger partial charge in [-0.15, -0.1) is 0 Å². The van der Waals surface area contributed by atoms with Crippen LogP contribution in [-0.4, -0.2) is 32.3 Å². The molecule has 0 heterocycles. The Morgan fingerprint density at radius 3 is 1.93 bits per heavy atom. The molecule has 2 aromatic rings. The molecule has 0 fully saturated rings. The maximum Gasteiger partial charge on any atom is 0.251 e. The topological polar surface area (TPSA) is 66.0 Å². The van der Waals surface area contributed by atoms with E-state index in [-0.39, 0.29) is 5.91 Å². The van der Waals surface area contributed by atoms with Gasteiger partial charge in [0.15, 0.2) is 11.5 Å². The third kappa shape index (κ3) is 6.59. The lowest BCUT2D eigenvalue weighted by Gasteiger charge is -2.17. The number of benzene rings is 2. The summed E-state index contributed by atoms with van der Waals surface area (Å²) in [7, 11) is 0. The van der Waals surface area contributed by atoms with E-state index < -0.39 is 0 Å². The van der Waals surface area contributed by atoms with Crippen molar-refractivity contribution in [1.29, 1.82) is 0 Å². The van der Waals surface area contributed by atoms with Gasteiger partial charge < -0.3 is 24.3 Å². The third-order valence-corrected chi connectivity index (χ3v) is 4.02. The minimum atomic E-state index is -0.207. The Morgan fingerprint density at radius 1 is 0.828 bits per heavy atom. The van der Waals surface area contributed by atoms with Gasteiger partial charge in [-0.1, -0.05) is 19.1 Å². The average Bonchev–Trinajstić information content (AvgIpc) is 2.73. The zero-order chi connectivity index (χ0) is 21.1. The predicted molar refractivity (Wildman–Crippen MR) is 113 cm³/mol. The summed E-state index contributed by atoms with van der Waals surface area (Å²) in [5.74, 6) is 2.15. The van der Waals surface area contributed by atoms with E-state index in [4.69, 9.17) is 18.9 Å². The molecule has 0 spiro atoms. The van der Waals surface area contributed by atoms with E-state index in [1.165, 1.54) is 0 Å². The van der Waals surface area contributed by atoms with Crippen molar-refractivity contribution in [2.24, 2.45) is 0 Å². The van der Waals surface area contributed by atoms with E-state index in [0.717, 1.165) is 17.7 Å². The molecule has 1 N–H and O–H groups in total. The van der Waals surface area contributed by atoms with Crippen molar-refractivity contribution in [2.75, 3.05) is 26.4 Å². The summed E-state index contributed by atoms with van der Waals surface area (Å²) in [6, 6.07) is 11.1. The fourth-order valence-corrected chi connectivity index (χ4v) is 2.73. The molecule has 0 aliphatic rings. The van der Waals surface area contributed by atoms with Gasteiger partial charge in [-0.25, -0.2) is 0 Å². The summed E-state index contributed by atoms with van der Waals surface area (Å²) in [6.07, 6.45) is 0.966. The van der Waals surface area contributed by atoms with Crippen LogP contribution in [0.5, 0.6) is 23.0 Å². The molecule has 6 nitrogen and oxygen atoms in total. The first-order valence-corrected chi connectivity index (χ1v) is 10.2. The normalized spacial score (nSPS) is 10.3. The van der Waals surface area contributed by atoms with Gasteiger partial charge in [-0.2, -0.15) is 0 Å². The number of carbonyl (C=O) groups excluding carboxylic acids is 1. The molecular formula is C23H31NO5. The van der Waals surface area contributed by atoms with Crippen molar-refractivity contribution in [3.05, 3.63) is 47.5 Å². The van der Waals surface area contributed by atoms with E-state index in [0.29, 0.717) is 55.8 Å². The standard InChI is InChI=1S/C23H31NO5/c1-5-13-29-19-11-9-17(10-12-19)16-24-23(25)18-14-20(26-6-2)22(28-8-4)21(15-18)27-7-3/h9-12,14-15H,5-8,13,16H2,1-4H3,(H,24,25). The van der Waals surface area contributed by atoms with Crippen LogP contribution in [0.15, 0.2) is 36.4 Å². The van der Waals surface area contributed by atoms with Gasteiger partial charge in [0, 0.05) is 12.1 Å². The summed E-state index contributed by atoms with van der Waals surface area (Å²) >= 11 is 0. The molecule has 158 valence electrons. The monoisotopic (exact) mass is 401 g/mol. The van der Waals surface area contributed by atoms with Crippen LogP contribution in [0.25, 0.3) is 0 Å². The molecule has 0 aliphatic carbocycles. The first-order valence-electron chi connectivity index (χ1n) is 10.2. The maximum absolute atomic E-state index is 12.7. The SMILES string of the molecule is CCCOc1ccc(CNC(=O)c2cc(OCC)c(OCC)c(OCC)c2)cc1. The second kappa shape index (κ2) is 11.8. The van der Waals surface area contributed by atoms with Crippen LogP contribution in [-0.2, 0) is 6.54 Å². The smallest absolute Gasteiger partial charge is 0.251 e. The average molecular weight is 402 g/mol. The Bertz CT molecular complexity index is 746. The number of amides is 1. The number of rotatable bonds is 12. The zero-order valence-corrected chi connectivity index (χ0v) is 17.7. The fraction of sp³-hybridized carbons (Fsp3) is 0.435. The van der Waals surface area contributed by atoms with Crippen LogP contribution in [0, 0.1) is 0 Å². The minimum Gasteiger partial charge on any atom is -0.494 e. The predicted octanol–water partition coefficient (Wildman–Crippen LogP) is 4.60. The Hall–Kier alpha value is -2.89. The molecule has 29 heavy (non-hydrogen) atoms.